The van der Waals surface area contributed by atoms with Crippen molar-refractivity contribution in [2.45, 2.75) is 30.8 Å². The van der Waals surface area contributed by atoms with Crippen LogP contribution in [0.3, 0.4) is 0 Å². The summed E-state index contributed by atoms with van der Waals surface area (Å²) >= 11 is 0. The monoisotopic (exact) mass is 404 g/mol. The summed E-state index contributed by atoms with van der Waals surface area (Å²) in [5.41, 5.74) is 2.30. The van der Waals surface area contributed by atoms with Gasteiger partial charge in [-0.15, -0.1) is 13.2 Å². The molecule has 0 aliphatic carbocycles. The molecule has 0 amide bonds. The average Bonchev–Trinajstić information content (AvgIpc) is 3.12. The van der Waals surface area contributed by atoms with E-state index in [0.717, 1.165) is 24.9 Å². The van der Waals surface area contributed by atoms with Gasteiger partial charge in [0.1, 0.15) is 11.4 Å². The summed E-state index contributed by atoms with van der Waals surface area (Å²) in [5.74, 6) is -0.219. The van der Waals surface area contributed by atoms with Gasteiger partial charge in [0.2, 0.25) is 0 Å². The Hall–Kier alpha value is -2.51. The van der Waals surface area contributed by atoms with Gasteiger partial charge in [0.15, 0.2) is 0 Å². The zero-order valence-corrected chi connectivity index (χ0v) is 16.1. The number of anilines is 1. The van der Waals surface area contributed by atoms with E-state index in [1.54, 1.807) is 19.2 Å². The first-order valence-electron chi connectivity index (χ1n) is 9.62. The largest absolute Gasteiger partial charge is 0.573 e. The summed E-state index contributed by atoms with van der Waals surface area (Å²) in [4.78, 5) is 0. The molecule has 0 aromatic heterocycles. The number of alkyl halides is 3. The predicted octanol–water partition coefficient (Wildman–Crippen LogP) is 4.90. The van der Waals surface area contributed by atoms with Crippen molar-refractivity contribution in [3.63, 3.8) is 0 Å². The molecule has 2 heterocycles. The van der Waals surface area contributed by atoms with Crippen molar-refractivity contribution in [1.29, 1.82) is 0 Å². The molecule has 2 aliphatic heterocycles. The van der Waals surface area contributed by atoms with Crippen LogP contribution in [-0.4, -0.2) is 32.2 Å². The molecule has 1 spiro atoms. The van der Waals surface area contributed by atoms with Gasteiger partial charge in [-0.3, -0.25) is 0 Å². The minimum atomic E-state index is -4.76. The standard InChI is InChI=1S/C22H23F3N2O2/c1-26-17-8-9-19(29-22(23,24)25)18(12-17)16-13-21(28-14-16)10-5-11-27-20(21)15-6-3-2-4-7-15/h2-4,6-9,12-13,20,26-27H,5,10-11,14H2,1H3/t20-,21+/m0/s1. The first-order chi connectivity index (χ1) is 13.9. The second kappa shape index (κ2) is 7.72. The number of nitrogens with one attached hydrogen (secondary N) is 2. The maximum absolute atomic E-state index is 12.9. The van der Waals surface area contributed by atoms with Crippen molar-refractivity contribution >= 4 is 11.3 Å². The lowest BCUT2D eigenvalue weighted by Crippen LogP contribution is -2.47. The highest BCUT2D eigenvalue weighted by Crippen LogP contribution is 2.45. The fourth-order valence-electron chi connectivity index (χ4n) is 4.18. The first kappa shape index (κ1) is 19.8. The van der Waals surface area contributed by atoms with Crippen LogP contribution in [0, 0.1) is 0 Å². The Balaban J connectivity index is 1.74. The Bertz CT molecular complexity index is 899. The lowest BCUT2D eigenvalue weighted by Gasteiger charge is -2.40. The van der Waals surface area contributed by atoms with Crippen LogP contribution in [0.15, 0.2) is 54.6 Å². The van der Waals surface area contributed by atoms with E-state index in [4.69, 9.17) is 4.74 Å². The van der Waals surface area contributed by atoms with Crippen molar-refractivity contribution in [3.8, 4) is 5.75 Å². The molecule has 4 rings (SSSR count). The number of benzene rings is 2. The Morgan fingerprint density at radius 2 is 1.97 bits per heavy atom. The Morgan fingerprint density at radius 3 is 2.69 bits per heavy atom. The van der Waals surface area contributed by atoms with Crippen LogP contribution in [0.1, 0.15) is 30.0 Å². The molecule has 0 saturated carbocycles. The fourth-order valence-corrected chi connectivity index (χ4v) is 4.18. The predicted molar refractivity (Wildman–Crippen MR) is 106 cm³/mol. The van der Waals surface area contributed by atoms with E-state index in [2.05, 4.69) is 15.4 Å². The summed E-state index contributed by atoms with van der Waals surface area (Å²) in [5, 5.41) is 6.49. The zero-order chi connectivity index (χ0) is 20.5. The number of halogens is 3. The molecular weight excluding hydrogens is 381 g/mol. The van der Waals surface area contributed by atoms with Crippen LogP contribution in [-0.2, 0) is 4.74 Å². The lowest BCUT2D eigenvalue weighted by atomic mass is 9.81. The summed E-state index contributed by atoms with van der Waals surface area (Å²) in [6.07, 6.45) is -1.05. The maximum atomic E-state index is 12.9. The van der Waals surface area contributed by atoms with Crippen LogP contribution in [0.4, 0.5) is 18.9 Å². The maximum Gasteiger partial charge on any atom is 0.573 e. The molecule has 2 aromatic carbocycles. The fraction of sp³-hybridized carbons (Fsp3) is 0.364. The summed E-state index contributed by atoms with van der Waals surface area (Å²) in [7, 11) is 1.72. The number of rotatable bonds is 4. The normalized spacial score (nSPS) is 24.4. The van der Waals surface area contributed by atoms with Crippen molar-refractivity contribution < 1.29 is 22.6 Å². The van der Waals surface area contributed by atoms with Gasteiger partial charge in [0, 0.05) is 18.3 Å². The van der Waals surface area contributed by atoms with E-state index in [1.165, 1.54) is 6.07 Å². The number of hydrogen-bond donors (Lipinski definition) is 2. The topological polar surface area (TPSA) is 42.5 Å². The quantitative estimate of drug-likeness (QED) is 0.760. The molecule has 2 atom stereocenters. The van der Waals surface area contributed by atoms with E-state index in [1.807, 2.05) is 36.4 Å². The highest BCUT2D eigenvalue weighted by atomic mass is 19.4. The van der Waals surface area contributed by atoms with Crippen LogP contribution in [0.5, 0.6) is 5.75 Å². The minimum Gasteiger partial charge on any atom is -0.405 e. The van der Waals surface area contributed by atoms with Crippen LogP contribution >= 0.6 is 0 Å². The molecule has 7 heteroatoms. The summed E-state index contributed by atoms with van der Waals surface area (Å²) in [6, 6.07) is 14.5. The van der Waals surface area contributed by atoms with Crippen LogP contribution < -0.4 is 15.4 Å². The molecule has 0 radical (unpaired) electrons. The Labute approximate surface area is 167 Å². The lowest BCUT2D eigenvalue weighted by molar-refractivity contribution is -0.274. The van der Waals surface area contributed by atoms with Gasteiger partial charge >= 0.3 is 6.36 Å². The van der Waals surface area contributed by atoms with Gasteiger partial charge in [0.25, 0.3) is 0 Å². The number of ether oxygens (including phenoxy) is 2. The van der Waals surface area contributed by atoms with Gasteiger partial charge in [-0.1, -0.05) is 30.3 Å². The smallest absolute Gasteiger partial charge is 0.405 e. The number of hydrogen-bond acceptors (Lipinski definition) is 4. The average molecular weight is 404 g/mol. The summed E-state index contributed by atoms with van der Waals surface area (Å²) < 4.78 is 49.3. The third kappa shape index (κ3) is 4.11. The molecule has 2 aromatic rings. The van der Waals surface area contributed by atoms with Gasteiger partial charge in [-0.25, -0.2) is 0 Å². The molecule has 2 N–H and O–H groups in total. The summed E-state index contributed by atoms with van der Waals surface area (Å²) in [6.45, 7) is 1.10. The van der Waals surface area contributed by atoms with E-state index in [0.29, 0.717) is 16.8 Å². The zero-order valence-electron chi connectivity index (χ0n) is 16.1. The Morgan fingerprint density at radius 1 is 1.17 bits per heavy atom. The van der Waals surface area contributed by atoms with E-state index < -0.39 is 12.0 Å². The van der Waals surface area contributed by atoms with Crippen molar-refractivity contribution in [1.82, 2.24) is 5.32 Å². The molecule has 0 unspecified atom stereocenters. The molecule has 1 fully saturated rings. The molecule has 1 saturated heterocycles. The molecule has 0 bridgehead atoms. The minimum absolute atomic E-state index is 0.0607. The van der Waals surface area contributed by atoms with Gasteiger partial charge < -0.3 is 20.1 Å². The van der Waals surface area contributed by atoms with Crippen molar-refractivity contribution in [3.05, 3.63) is 65.7 Å². The highest BCUT2D eigenvalue weighted by molar-refractivity contribution is 5.76. The first-order valence-corrected chi connectivity index (χ1v) is 9.62. The molecule has 154 valence electrons. The van der Waals surface area contributed by atoms with Crippen molar-refractivity contribution in [2.75, 3.05) is 25.5 Å². The third-order valence-corrected chi connectivity index (χ3v) is 5.47. The molecule has 29 heavy (non-hydrogen) atoms. The molecule has 2 aliphatic rings. The second-order valence-electron chi connectivity index (χ2n) is 7.32. The number of piperidine rings is 1. The van der Waals surface area contributed by atoms with Gasteiger partial charge in [0.05, 0.1) is 12.6 Å². The van der Waals surface area contributed by atoms with Gasteiger partial charge in [-0.2, -0.15) is 0 Å². The van der Waals surface area contributed by atoms with Crippen LogP contribution in [0.25, 0.3) is 5.57 Å². The van der Waals surface area contributed by atoms with Crippen molar-refractivity contribution in [2.24, 2.45) is 0 Å². The SMILES string of the molecule is CNc1ccc(OC(F)(F)F)c(C2=C[C@@]3(CCCN[C@H]3c3ccccc3)OC2)c1. The molecular formula is C22H23F3N2O2. The van der Waals surface area contributed by atoms with Gasteiger partial charge in [-0.05, 0) is 54.8 Å². The molecule has 4 nitrogen and oxygen atoms in total. The highest BCUT2D eigenvalue weighted by Gasteiger charge is 2.45. The van der Waals surface area contributed by atoms with E-state index >= 15 is 0 Å². The van der Waals surface area contributed by atoms with E-state index in [9.17, 15) is 13.2 Å². The second-order valence-corrected chi connectivity index (χ2v) is 7.32. The Kier molecular flexibility index (Phi) is 5.27. The van der Waals surface area contributed by atoms with Crippen LogP contribution in [0.2, 0.25) is 0 Å². The van der Waals surface area contributed by atoms with E-state index in [-0.39, 0.29) is 18.4 Å². The third-order valence-electron chi connectivity index (χ3n) is 5.47.